The van der Waals surface area contributed by atoms with E-state index >= 15 is 0 Å². The van der Waals surface area contributed by atoms with Gasteiger partial charge in [0.25, 0.3) is 0 Å². The zero-order valence-corrected chi connectivity index (χ0v) is 19.4. The number of fused-ring (bicyclic) bond motifs is 1. The molecule has 3 fully saturated rings. The van der Waals surface area contributed by atoms with Gasteiger partial charge in [-0.3, -0.25) is 19.2 Å². The first kappa shape index (κ1) is 25.5. The highest BCUT2D eigenvalue weighted by Crippen LogP contribution is 2.46. The lowest BCUT2D eigenvalue weighted by Gasteiger charge is -2.29. The second kappa shape index (κ2) is 13.0. The standard InChI is InChI=1S/C16H28O3.C9H12O3/c1-2-3-4-5-6-7-8-9-10-11-12-14-13-15(17)19-16(14)18;1-9-5-3-2-4-6(9)7(10)12-8(9)11/h14H,2-13H2,1H3;6H,2-5H2,1H3. The third-order valence-corrected chi connectivity index (χ3v) is 7.02. The summed E-state index contributed by atoms with van der Waals surface area (Å²) in [7, 11) is 0. The lowest BCUT2D eigenvalue weighted by atomic mass is 9.69. The highest BCUT2D eigenvalue weighted by Gasteiger charge is 2.54. The van der Waals surface area contributed by atoms with Gasteiger partial charge in [-0.15, -0.1) is 0 Å². The molecule has 3 unspecified atom stereocenters. The Balaban J connectivity index is 0.000000242. The largest absolute Gasteiger partial charge is 0.393 e. The molecule has 3 aliphatic rings. The summed E-state index contributed by atoms with van der Waals surface area (Å²) >= 11 is 0. The molecule has 31 heavy (non-hydrogen) atoms. The molecule has 0 aromatic carbocycles. The van der Waals surface area contributed by atoms with Crippen molar-refractivity contribution in [2.24, 2.45) is 17.3 Å². The number of carbonyl (C=O) groups excluding carboxylic acids is 4. The van der Waals surface area contributed by atoms with Crippen LogP contribution in [-0.4, -0.2) is 23.9 Å². The Bertz CT molecular complexity index is 628. The minimum atomic E-state index is -0.491. The Morgan fingerprint density at radius 3 is 1.97 bits per heavy atom. The molecule has 3 atom stereocenters. The van der Waals surface area contributed by atoms with Crippen LogP contribution >= 0.6 is 0 Å². The summed E-state index contributed by atoms with van der Waals surface area (Å²) in [5, 5.41) is 0. The predicted molar refractivity (Wildman–Crippen MR) is 117 cm³/mol. The van der Waals surface area contributed by atoms with E-state index in [-0.39, 0.29) is 35.7 Å². The Morgan fingerprint density at radius 1 is 0.806 bits per heavy atom. The van der Waals surface area contributed by atoms with Gasteiger partial charge >= 0.3 is 23.9 Å². The molecular weight excluding hydrogens is 396 g/mol. The second-order valence-corrected chi connectivity index (χ2v) is 9.59. The summed E-state index contributed by atoms with van der Waals surface area (Å²) in [6, 6.07) is 0. The van der Waals surface area contributed by atoms with Crippen LogP contribution in [0.1, 0.15) is 117 Å². The highest BCUT2D eigenvalue weighted by atomic mass is 16.6. The Kier molecular flexibility index (Phi) is 10.7. The maximum absolute atomic E-state index is 11.3. The molecule has 0 amide bonds. The fourth-order valence-electron chi connectivity index (χ4n) is 4.85. The highest BCUT2D eigenvalue weighted by molar-refractivity contribution is 5.99. The monoisotopic (exact) mass is 436 g/mol. The van der Waals surface area contributed by atoms with Crippen LogP contribution in [0.2, 0.25) is 0 Å². The van der Waals surface area contributed by atoms with Crippen molar-refractivity contribution in [1.82, 2.24) is 0 Å². The average molecular weight is 437 g/mol. The SMILES string of the molecule is CC12CCCCC1C(=O)OC2=O.CCCCCCCCCCCCC1CC(=O)OC1=O. The molecule has 0 N–H and O–H groups in total. The molecule has 3 rings (SSSR count). The van der Waals surface area contributed by atoms with Crippen molar-refractivity contribution in [1.29, 1.82) is 0 Å². The van der Waals surface area contributed by atoms with Crippen molar-refractivity contribution in [2.45, 2.75) is 117 Å². The first-order valence-corrected chi connectivity index (χ1v) is 12.4. The molecular formula is C25H40O6. The normalized spacial score (nSPS) is 27.4. The van der Waals surface area contributed by atoms with Gasteiger partial charge in [-0.1, -0.05) is 84.0 Å². The van der Waals surface area contributed by atoms with E-state index < -0.39 is 5.41 Å². The molecule has 0 aromatic heterocycles. The van der Waals surface area contributed by atoms with Crippen molar-refractivity contribution in [3.05, 3.63) is 0 Å². The summed E-state index contributed by atoms with van der Waals surface area (Å²) in [6.45, 7) is 4.09. The van der Waals surface area contributed by atoms with Crippen LogP contribution < -0.4 is 0 Å². The third kappa shape index (κ3) is 7.73. The lowest BCUT2D eigenvalue weighted by Crippen LogP contribution is -2.33. The zero-order valence-electron chi connectivity index (χ0n) is 19.4. The van der Waals surface area contributed by atoms with Gasteiger partial charge in [-0.2, -0.15) is 0 Å². The number of hydrogen-bond acceptors (Lipinski definition) is 6. The number of ether oxygens (including phenoxy) is 2. The van der Waals surface area contributed by atoms with Crippen molar-refractivity contribution >= 4 is 23.9 Å². The quantitative estimate of drug-likeness (QED) is 0.236. The molecule has 0 bridgehead atoms. The van der Waals surface area contributed by atoms with E-state index in [1.807, 2.05) is 6.92 Å². The lowest BCUT2D eigenvalue weighted by molar-refractivity contribution is -0.156. The zero-order chi connectivity index (χ0) is 22.7. The number of rotatable bonds is 11. The molecule has 0 aromatic rings. The van der Waals surface area contributed by atoms with E-state index in [4.69, 9.17) is 0 Å². The van der Waals surface area contributed by atoms with Crippen LogP contribution in [0, 0.1) is 17.3 Å². The van der Waals surface area contributed by atoms with Gasteiger partial charge in [0.2, 0.25) is 0 Å². The second-order valence-electron chi connectivity index (χ2n) is 9.59. The number of carbonyl (C=O) groups is 4. The number of unbranched alkanes of at least 4 members (excludes halogenated alkanes) is 9. The van der Waals surface area contributed by atoms with E-state index in [9.17, 15) is 19.2 Å². The van der Waals surface area contributed by atoms with Gasteiger partial charge in [0.15, 0.2) is 0 Å². The number of hydrogen-bond donors (Lipinski definition) is 0. The fraction of sp³-hybridized carbons (Fsp3) is 0.840. The van der Waals surface area contributed by atoms with Crippen LogP contribution in [0.25, 0.3) is 0 Å². The van der Waals surface area contributed by atoms with Gasteiger partial charge in [0, 0.05) is 0 Å². The minimum absolute atomic E-state index is 0.151. The van der Waals surface area contributed by atoms with Crippen LogP contribution in [-0.2, 0) is 28.7 Å². The summed E-state index contributed by atoms with van der Waals surface area (Å²) in [4.78, 5) is 44.6. The van der Waals surface area contributed by atoms with Gasteiger partial charge in [0.05, 0.1) is 23.7 Å². The van der Waals surface area contributed by atoms with E-state index in [0.29, 0.717) is 6.42 Å². The van der Waals surface area contributed by atoms with Crippen LogP contribution in [0.3, 0.4) is 0 Å². The molecule has 0 spiro atoms. The summed E-state index contributed by atoms with van der Waals surface area (Å²) in [5.74, 6) is -1.57. The maximum atomic E-state index is 11.3. The Hall–Kier alpha value is -1.72. The van der Waals surface area contributed by atoms with Crippen LogP contribution in [0.4, 0.5) is 0 Å². The van der Waals surface area contributed by atoms with Crippen LogP contribution in [0.15, 0.2) is 0 Å². The van der Waals surface area contributed by atoms with Crippen molar-refractivity contribution in [3.63, 3.8) is 0 Å². The molecule has 1 aliphatic carbocycles. The predicted octanol–water partition coefficient (Wildman–Crippen LogP) is 5.65. The van der Waals surface area contributed by atoms with E-state index in [1.54, 1.807) is 0 Å². The molecule has 2 saturated heterocycles. The first-order chi connectivity index (χ1) is 14.9. The minimum Gasteiger partial charge on any atom is -0.393 e. The fourth-order valence-corrected chi connectivity index (χ4v) is 4.85. The van der Waals surface area contributed by atoms with Crippen molar-refractivity contribution in [3.8, 4) is 0 Å². The smallest absolute Gasteiger partial charge is 0.320 e. The Morgan fingerprint density at radius 2 is 1.42 bits per heavy atom. The molecule has 2 aliphatic heterocycles. The van der Waals surface area contributed by atoms with Gasteiger partial charge in [0.1, 0.15) is 0 Å². The first-order valence-electron chi connectivity index (χ1n) is 12.4. The molecule has 6 heteroatoms. The molecule has 6 nitrogen and oxygen atoms in total. The number of cyclic esters (lactones) is 4. The third-order valence-electron chi connectivity index (χ3n) is 7.02. The van der Waals surface area contributed by atoms with Gasteiger partial charge < -0.3 is 9.47 Å². The van der Waals surface area contributed by atoms with Crippen LogP contribution in [0.5, 0.6) is 0 Å². The molecule has 2 heterocycles. The topological polar surface area (TPSA) is 86.7 Å². The maximum Gasteiger partial charge on any atom is 0.320 e. The summed E-state index contributed by atoms with van der Waals surface area (Å²) in [6.07, 6.45) is 17.8. The van der Waals surface area contributed by atoms with E-state index in [1.165, 1.54) is 57.8 Å². The molecule has 0 radical (unpaired) electrons. The van der Waals surface area contributed by atoms with E-state index in [2.05, 4.69) is 16.4 Å². The average Bonchev–Trinajstić information content (AvgIpc) is 3.18. The summed E-state index contributed by atoms with van der Waals surface area (Å²) in [5.41, 5.74) is -0.491. The van der Waals surface area contributed by atoms with Gasteiger partial charge in [-0.25, -0.2) is 0 Å². The van der Waals surface area contributed by atoms with Crippen molar-refractivity contribution in [2.75, 3.05) is 0 Å². The van der Waals surface area contributed by atoms with Crippen molar-refractivity contribution < 1.29 is 28.7 Å². The molecule has 1 saturated carbocycles. The summed E-state index contributed by atoms with van der Waals surface area (Å²) < 4.78 is 9.17. The van der Waals surface area contributed by atoms with Gasteiger partial charge in [-0.05, 0) is 26.2 Å². The van der Waals surface area contributed by atoms with E-state index in [0.717, 1.165) is 38.5 Å². The number of esters is 4. The molecule has 176 valence electrons. The Labute approximate surface area is 186 Å².